The smallest absolute Gasteiger partial charge is 0.115 e. The number of nitrogens with one attached hydrogen (secondary N) is 1. The molecule has 1 aromatic heterocycles. The minimum atomic E-state index is 0.294. The number of aryl methyl sites for hydroxylation is 1. The highest BCUT2D eigenvalue weighted by Crippen LogP contribution is 2.20. The molecule has 0 amide bonds. The number of amidine groups is 1. The minimum Gasteiger partial charge on any atom is -0.365 e. The van der Waals surface area contributed by atoms with Crippen LogP contribution in [0.5, 0.6) is 0 Å². The van der Waals surface area contributed by atoms with Gasteiger partial charge < -0.3 is 5.32 Å². The van der Waals surface area contributed by atoms with Crippen LogP contribution in [0.1, 0.15) is 49.0 Å². The maximum atomic E-state index is 4.50. The van der Waals surface area contributed by atoms with Gasteiger partial charge in [-0.25, -0.2) is 4.98 Å². The zero-order valence-corrected chi connectivity index (χ0v) is 10.8. The minimum absolute atomic E-state index is 0.294. The van der Waals surface area contributed by atoms with E-state index >= 15 is 0 Å². The molecule has 0 saturated carbocycles. The number of hydrogen-bond acceptors (Lipinski definition) is 4. The molecule has 3 nitrogen and oxygen atoms in total. The van der Waals surface area contributed by atoms with Crippen LogP contribution >= 0.6 is 11.3 Å². The quantitative estimate of drug-likeness (QED) is 0.877. The number of hydrogen-bond donors (Lipinski definition) is 1. The summed E-state index contributed by atoms with van der Waals surface area (Å²) in [7, 11) is 0. The number of aromatic nitrogens is 1. The number of aliphatic imine (C=N–C) groups is 1. The third-order valence-electron chi connectivity index (χ3n) is 2.80. The molecule has 4 heteroatoms. The Bertz CT molecular complexity index is 370. The first-order valence-electron chi connectivity index (χ1n) is 6.04. The predicted molar refractivity (Wildman–Crippen MR) is 69.2 cm³/mol. The molecule has 1 N–H and O–H groups in total. The van der Waals surface area contributed by atoms with Crippen LogP contribution < -0.4 is 5.32 Å². The Balaban J connectivity index is 1.96. The summed E-state index contributed by atoms with van der Waals surface area (Å²) in [5, 5.41) is 4.64. The lowest BCUT2D eigenvalue weighted by atomic mass is 10.1. The molecule has 0 radical (unpaired) electrons. The van der Waals surface area contributed by atoms with Crippen molar-refractivity contribution in [2.75, 3.05) is 6.54 Å². The van der Waals surface area contributed by atoms with Gasteiger partial charge in [0.1, 0.15) is 5.01 Å². The molecule has 1 aromatic rings. The van der Waals surface area contributed by atoms with Crippen molar-refractivity contribution in [2.45, 2.75) is 45.6 Å². The van der Waals surface area contributed by atoms with E-state index in [1.54, 1.807) is 11.3 Å². The van der Waals surface area contributed by atoms with E-state index in [1.165, 1.54) is 22.7 Å². The Morgan fingerprint density at radius 3 is 3.00 bits per heavy atom. The maximum Gasteiger partial charge on any atom is 0.115 e. The molecule has 0 aliphatic carbocycles. The molecule has 16 heavy (non-hydrogen) atoms. The zero-order valence-electron chi connectivity index (χ0n) is 9.99. The fourth-order valence-corrected chi connectivity index (χ4v) is 2.67. The van der Waals surface area contributed by atoms with Crippen molar-refractivity contribution < 1.29 is 0 Å². The summed E-state index contributed by atoms with van der Waals surface area (Å²) < 4.78 is 0. The predicted octanol–water partition coefficient (Wildman–Crippen LogP) is 2.94. The van der Waals surface area contributed by atoms with Crippen LogP contribution in [0.3, 0.4) is 0 Å². The topological polar surface area (TPSA) is 37.3 Å². The molecular formula is C12H19N3S. The highest BCUT2D eigenvalue weighted by Gasteiger charge is 2.13. The van der Waals surface area contributed by atoms with E-state index in [4.69, 9.17) is 0 Å². The van der Waals surface area contributed by atoms with Gasteiger partial charge in [0.25, 0.3) is 0 Å². The number of rotatable bonds is 3. The van der Waals surface area contributed by atoms with Gasteiger partial charge in [-0.1, -0.05) is 6.92 Å². The van der Waals surface area contributed by atoms with Crippen molar-refractivity contribution in [3.05, 3.63) is 16.1 Å². The van der Waals surface area contributed by atoms with E-state index in [0.29, 0.717) is 6.04 Å². The number of thiazole rings is 1. The Labute approximate surface area is 101 Å². The third kappa shape index (κ3) is 2.82. The maximum absolute atomic E-state index is 4.50. The molecule has 0 spiro atoms. The van der Waals surface area contributed by atoms with Crippen LogP contribution in [-0.2, 0) is 6.42 Å². The van der Waals surface area contributed by atoms with E-state index in [1.807, 2.05) is 6.20 Å². The second-order valence-corrected chi connectivity index (χ2v) is 5.32. The van der Waals surface area contributed by atoms with E-state index in [2.05, 4.69) is 29.1 Å². The van der Waals surface area contributed by atoms with Crippen LogP contribution in [0.15, 0.2) is 11.2 Å². The second kappa shape index (κ2) is 5.43. The fourth-order valence-electron chi connectivity index (χ4n) is 1.81. The van der Waals surface area contributed by atoms with Gasteiger partial charge in [0.15, 0.2) is 0 Å². The van der Waals surface area contributed by atoms with E-state index in [0.717, 1.165) is 25.2 Å². The van der Waals surface area contributed by atoms with Crippen LogP contribution in [0.2, 0.25) is 0 Å². The average Bonchev–Trinajstić information content (AvgIpc) is 2.79. The Morgan fingerprint density at radius 2 is 2.38 bits per heavy atom. The van der Waals surface area contributed by atoms with Crippen LogP contribution in [0.4, 0.5) is 0 Å². The molecule has 0 saturated heterocycles. The van der Waals surface area contributed by atoms with E-state index < -0.39 is 0 Å². The summed E-state index contributed by atoms with van der Waals surface area (Å²) in [6.45, 7) is 5.31. The Morgan fingerprint density at radius 1 is 1.50 bits per heavy atom. The summed E-state index contributed by atoms with van der Waals surface area (Å²) >= 11 is 1.80. The van der Waals surface area contributed by atoms with Crippen molar-refractivity contribution in [3.63, 3.8) is 0 Å². The molecule has 0 fully saturated rings. The molecule has 1 aliphatic rings. The third-order valence-corrected chi connectivity index (χ3v) is 4.12. The van der Waals surface area contributed by atoms with Gasteiger partial charge in [0.2, 0.25) is 0 Å². The van der Waals surface area contributed by atoms with Crippen molar-refractivity contribution in [3.8, 4) is 0 Å². The number of nitrogens with zero attached hydrogens (tertiary/aromatic N) is 2. The molecule has 2 heterocycles. The van der Waals surface area contributed by atoms with Gasteiger partial charge in [0.05, 0.1) is 11.9 Å². The normalized spacial score (nSPS) is 18.0. The van der Waals surface area contributed by atoms with Crippen molar-refractivity contribution in [2.24, 2.45) is 4.99 Å². The fraction of sp³-hybridized carbons (Fsp3) is 0.667. The highest BCUT2D eigenvalue weighted by molar-refractivity contribution is 7.11. The highest BCUT2D eigenvalue weighted by atomic mass is 32.1. The monoisotopic (exact) mass is 237 g/mol. The SMILES string of the molecule is CCc1cnc(C(C)NC2=NCCCC2)s1. The summed E-state index contributed by atoms with van der Waals surface area (Å²) in [6.07, 6.45) is 6.65. The average molecular weight is 237 g/mol. The lowest BCUT2D eigenvalue weighted by Gasteiger charge is -2.17. The molecular weight excluding hydrogens is 218 g/mol. The largest absolute Gasteiger partial charge is 0.365 e. The van der Waals surface area contributed by atoms with Gasteiger partial charge in [-0.05, 0) is 26.2 Å². The molecule has 88 valence electrons. The molecule has 2 rings (SSSR count). The van der Waals surface area contributed by atoms with Gasteiger partial charge >= 0.3 is 0 Å². The van der Waals surface area contributed by atoms with Crippen molar-refractivity contribution >= 4 is 17.2 Å². The molecule has 0 bridgehead atoms. The first-order chi connectivity index (χ1) is 7.79. The van der Waals surface area contributed by atoms with Gasteiger partial charge in [-0.3, -0.25) is 4.99 Å². The van der Waals surface area contributed by atoms with E-state index in [-0.39, 0.29) is 0 Å². The standard InChI is InChI=1S/C12H19N3S/c1-3-10-8-14-12(16-10)9(2)15-11-6-4-5-7-13-11/h8-9H,3-7H2,1-2H3,(H,13,15). The molecule has 1 aliphatic heterocycles. The Kier molecular flexibility index (Phi) is 3.93. The summed E-state index contributed by atoms with van der Waals surface area (Å²) in [6, 6.07) is 0.294. The van der Waals surface area contributed by atoms with Gasteiger partial charge in [-0.15, -0.1) is 11.3 Å². The summed E-state index contributed by atoms with van der Waals surface area (Å²) in [4.78, 5) is 10.3. The zero-order chi connectivity index (χ0) is 11.4. The second-order valence-electron chi connectivity index (χ2n) is 4.17. The van der Waals surface area contributed by atoms with Crippen LogP contribution in [0.25, 0.3) is 0 Å². The van der Waals surface area contributed by atoms with Crippen molar-refractivity contribution in [1.82, 2.24) is 10.3 Å². The first kappa shape index (κ1) is 11.6. The molecule has 1 atom stereocenters. The first-order valence-corrected chi connectivity index (χ1v) is 6.85. The van der Waals surface area contributed by atoms with Crippen LogP contribution in [-0.4, -0.2) is 17.4 Å². The summed E-state index contributed by atoms with van der Waals surface area (Å²) in [5.41, 5.74) is 0. The summed E-state index contributed by atoms with van der Waals surface area (Å²) in [5.74, 6) is 1.16. The van der Waals surface area contributed by atoms with Crippen LogP contribution in [0, 0.1) is 0 Å². The van der Waals surface area contributed by atoms with Crippen molar-refractivity contribution in [1.29, 1.82) is 0 Å². The molecule has 1 unspecified atom stereocenters. The lowest BCUT2D eigenvalue weighted by Crippen LogP contribution is -2.28. The van der Waals surface area contributed by atoms with E-state index in [9.17, 15) is 0 Å². The van der Waals surface area contributed by atoms with Gasteiger partial charge in [-0.2, -0.15) is 0 Å². The Hall–Kier alpha value is -0.900. The lowest BCUT2D eigenvalue weighted by molar-refractivity contribution is 0.653. The molecule has 0 aromatic carbocycles. The van der Waals surface area contributed by atoms with Gasteiger partial charge in [0, 0.05) is 24.0 Å².